The SMILES string of the molecule is COCCOCC(=O)N(C)c1cc(C)cc(C)c1. The van der Waals surface area contributed by atoms with Crippen LogP contribution in [-0.4, -0.2) is 39.9 Å². The van der Waals surface area contributed by atoms with Crippen molar-refractivity contribution in [1.82, 2.24) is 0 Å². The first-order chi connectivity index (χ1) is 8.54. The Morgan fingerprint density at radius 2 is 1.78 bits per heavy atom. The van der Waals surface area contributed by atoms with Gasteiger partial charge in [0.1, 0.15) is 6.61 Å². The molecule has 1 rings (SSSR count). The maximum Gasteiger partial charge on any atom is 0.252 e. The summed E-state index contributed by atoms with van der Waals surface area (Å²) >= 11 is 0. The Balaban J connectivity index is 2.57. The number of ether oxygens (including phenoxy) is 2. The highest BCUT2D eigenvalue weighted by Gasteiger charge is 2.11. The van der Waals surface area contributed by atoms with Crippen molar-refractivity contribution in [2.24, 2.45) is 0 Å². The molecule has 4 nitrogen and oxygen atoms in total. The summed E-state index contributed by atoms with van der Waals surface area (Å²) in [4.78, 5) is 13.5. The van der Waals surface area contributed by atoms with E-state index >= 15 is 0 Å². The number of hydrogen-bond acceptors (Lipinski definition) is 3. The minimum absolute atomic E-state index is 0.0592. The van der Waals surface area contributed by atoms with Crippen LogP contribution in [0.25, 0.3) is 0 Å². The third-order valence-electron chi connectivity index (χ3n) is 2.63. The number of methoxy groups -OCH3 is 1. The lowest BCUT2D eigenvalue weighted by Gasteiger charge is -2.18. The summed E-state index contributed by atoms with van der Waals surface area (Å²) < 4.78 is 10.1. The van der Waals surface area contributed by atoms with Crippen LogP contribution >= 0.6 is 0 Å². The Kier molecular flexibility index (Phi) is 5.82. The zero-order valence-corrected chi connectivity index (χ0v) is 11.5. The summed E-state index contributed by atoms with van der Waals surface area (Å²) in [6, 6.07) is 6.05. The molecule has 0 spiro atoms. The third kappa shape index (κ3) is 4.47. The second-order valence-corrected chi connectivity index (χ2v) is 4.34. The predicted molar refractivity (Wildman–Crippen MR) is 72.0 cm³/mol. The molecule has 4 heteroatoms. The Hall–Kier alpha value is -1.39. The topological polar surface area (TPSA) is 38.8 Å². The minimum atomic E-state index is -0.0592. The van der Waals surface area contributed by atoms with Crippen molar-refractivity contribution < 1.29 is 14.3 Å². The van der Waals surface area contributed by atoms with Gasteiger partial charge in [0, 0.05) is 19.8 Å². The molecule has 0 aromatic heterocycles. The molecule has 0 saturated heterocycles. The zero-order valence-electron chi connectivity index (χ0n) is 11.5. The number of hydrogen-bond donors (Lipinski definition) is 0. The van der Waals surface area contributed by atoms with Gasteiger partial charge in [0.15, 0.2) is 0 Å². The fraction of sp³-hybridized carbons (Fsp3) is 0.500. The number of amides is 1. The van der Waals surface area contributed by atoms with Gasteiger partial charge in [-0.25, -0.2) is 0 Å². The molecule has 0 atom stereocenters. The van der Waals surface area contributed by atoms with E-state index in [0.29, 0.717) is 13.2 Å². The highest BCUT2D eigenvalue weighted by Crippen LogP contribution is 2.17. The second-order valence-electron chi connectivity index (χ2n) is 4.34. The van der Waals surface area contributed by atoms with E-state index in [1.807, 2.05) is 26.0 Å². The first-order valence-corrected chi connectivity index (χ1v) is 5.96. The lowest BCUT2D eigenvalue weighted by molar-refractivity contribution is -0.123. The molecule has 18 heavy (non-hydrogen) atoms. The Morgan fingerprint density at radius 1 is 1.17 bits per heavy atom. The molecular formula is C14H21NO3. The quantitative estimate of drug-likeness (QED) is 0.725. The predicted octanol–water partition coefficient (Wildman–Crippen LogP) is 1.93. The van der Waals surface area contributed by atoms with E-state index in [1.165, 1.54) is 0 Å². The summed E-state index contributed by atoms with van der Waals surface area (Å²) in [5.41, 5.74) is 3.18. The van der Waals surface area contributed by atoms with Crippen molar-refractivity contribution in [2.45, 2.75) is 13.8 Å². The van der Waals surface area contributed by atoms with E-state index < -0.39 is 0 Å². The minimum Gasteiger partial charge on any atom is -0.382 e. The van der Waals surface area contributed by atoms with Gasteiger partial charge in [-0.15, -0.1) is 0 Å². The summed E-state index contributed by atoms with van der Waals surface area (Å²) in [7, 11) is 3.36. The van der Waals surface area contributed by atoms with E-state index in [9.17, 15) is 4.79 Å². The number of benzene rings is 1. The highest BCUT2D eigenvalue weighted by molar-refractivity contribution is 5.93. The lowest BCUT2D eigenvalue weighted by Crippen LogP contribution is -2.30. The molecule has 0 heterocycles. The van der Waals surface area contributed by atoms with E-state index in [2.05, 4.69) is 6.07 Å². The van der Waals surface area contributed by atoms with Crippen LogP contribution in [0.3, 0.4) is 0 Å². The molecule has 1 aromatic carbocycles. The van der Waals surface area contributed by atoms with Crippen molar-refractivity contribution in [2.75, 3.05) is 38.9 Å². The Bertz CT molecular complexity index is 384. The number of rotatable bonds is 6. The van der Waals surface area contributed by atoms with Crippen molar-refractivity contribution in [3.8, 4) is 0 Å². The molecule has 0 aliphatic carbocycles. The molecular weight excluding hydrogens is 230 g/mol. The molecule has 0 fully saturated rings. The first-order valence-electron chi connectivity index (χ1n) is 5.96. The van der Waals surface area contributed by atoms with Crippen LogP contribution in [0, 0.1) is 13.8 Å². The van der Waals surface area contributed by atoms with Crippen LogP contribution in [0.1, 0.15) is 11.1 Å². The molecule has 0 unspecified atom stereocenters. The standard InChI is InChI=1S/C14H21NO3/c1-11-7-12(2)9-13(8-11)15(3)14(16)10-18-6-5-17-4/h7-9H,5-6,10H2,1-4H3. The van der Waals surface area contributed by atoms with Gasteiger partial charge in [0.2, 0.25) is 0 Å². The van der Waals surface area contributed by atoms with E-state index in [1.54, 1.807) is 19.1 Å². The van der Waals surface area contributed by atoms with E-state index in [-0.39, 0.29) is 12.5 Å². The Labute approximate surface area is 108 Å². The second kappa shape index (κ2) is 7.13. The summed E-state index contributed by atoms with van der Waals surface area (Å²) in [6.45, 7) is 5.05. The monoisotopic (exact) mass is 251 g/mol. The van der Waals surface area contributed by atoms with Crippen LogP contribution in [0.4, 0.5) is 5.69 Å². The molecule has 0 bridgehead atoms. The van der Waals surface area contributed by atoms with Gasteiger partial charge in [0.05, 0.1) is 13.2 Å². The van der Waals surface area contributed by atoms with Crippen molar-refractivity contribution in [1.29, 1.82) is 0 Å². The molecule has 0 N–H and O–H groups in total. The van der Waals surface area contributed by atoms with Crippen LogP contribution in [0.2, 0.25) is 0 Å². The third-order valence-corrected chi connectivity index (χ3v) is 2.63. The zero-order chi connectivity index (χ0) is 13.5. The summed E-state index contributed by atoms with van der Waals surface area (Å²) in [6.07, 6.45) is 0. The average molecular weight is 251 g/mol. The molecule has 100 valence electrons. The fourth-order valence-electron chi connectivity index (χ4n) is 1.69. The van der Waals surface area contributed by atoms with Gasteiger partial charge in [-0.05, 0) is 37.1 Å². The molecule has 0 aliphatic rings. The first kappa shape index (κ1) is 14.7. The Morgan fingerprint density at radius 3 is 2.33 bits per heavy atom. The molecule has 0 saturated carbocycles. The molecule has 1 aromatic rings. The van der Waals surface area contributed by atoms with Crippen LogP contribution in [0.15, 0.2) is 18.2 Å². The molecule has 0 aliphatic heterocycles. The molecule has 1 amide bonds. The number of carbonyl (C=O) groups excluding carboxylic acids is 1. The summed E-state index contributed by atoms with van der Waals surface area (Å²) in [5, 5.41) is 0. The number of aryl methyl sites for hydroxylation is 2. The van der Waals surface area contributed by atoms with Gasteiger partial charge in [0.25, 0.3) is 5.91 Å². The van der Waals surface area contributed by atoms with Crippen molar-refractivity contribution in [3.63, 3.8) is 0 Å². The normalized spacial score (nSPS) is 10.4. The summed E-state index contributed by atoms with van der Waals surface area (Å²) in [5.74, 6) is -0.0592. The number of likely N-dealkylation sites (N-methyl/N-ethyl adjacent to an activating group) is 1. The van der Waals surface area contributed by atoms with Gasteiger partial charge in [-0.1, -0.05) is 6.07 Å². The van der Waals surface area contributed by atoms with Crippen LogP contribution in [0.5, 0.6) is 0 Å². The van der Waals surface area contributed by atoms with Crippen molar-refractivity contribution >= 4 is 11.6 Å². The highest BCUT2D eigenvalue weighted by atomic mass is 16.5. The maximum absolute atomic E-state index is 11.9. The number of anilines is 1. The average Bonchev–Trinajstić information content (AvgIpc) is 2.32. The number of carbonyl (C=O) groups is 1. The van der Waals surface area contributed by atoms with E-state index in [4.69, 9.17) is 9.47 Å². The fourth-order valence-corrected chi connectivity index (χ4v) is 1.69. The van der Waals surface area contributed by atoms with Crippen LogP contribution in [-0.2, 0) is 14.3 Å². The van der Waals surface area contributed by atoms with Gasteiger partial charge < -0.3 is 14.4 Å². The van der Waals surface area contributed by atoms with Crippen LogP contribution < -0.4 is 4.90 Å². The largest absolute Gasteiger partial charge is 0.382 e. The lowest BCUT2D eigenvalue weighted by atomic mass is 10.1. The van der Waals surface area contributed by atoms with Gasteiger partial charge in [-0.3, -0.25) is 4.79 Å². The smallest absolute Gasteiger partial charge is 0.252 e. The molecule has 0 radical (unpaired) electrons. The van der Waals surface area contributed by atoms with Gasteiger partial charge >= 0.3 is 0 Å². The van der Waals surface area contributed by atoms with E-state index in [0.717, 1.165) is 16.8 Å². The van der Waals surface area contributed by atoms with Gasteiger partial charge in [-0.2, -0.15) is 0 Å². The number of nitrogens with zero attached hydrogens (tertiary/aromatic N) is 1. The van der Waals surface area contributed by atoms with Crippen molar-refractivity contribution in [3.05, 3.63) is 29.3 Å². The maximum atomic E-state index is 11.9.